The van der Waals surface area contributed by atoms with Crippen molar-refractivity contribution in [2.75, 3.05) is 19.8 Å². The molecule has 0 spiro atoms. The minimum absolute atomic E-state index is 0.282. The Kier molecular flexibility index (Phi) is 2.59. The molecule has 0 bridgehead atoms. The van der Waals surface area contributed by atoms with Crippen LogP contribution in [0, 0.1) is 0 Å². The zero-order valence-corrected chi connectivity index (χ0v) is 9.89. The first kappa shape index (κ1) is 11.3. The molecular formula is C14H14O4. The van der Waals surface area contributed by atoms with Crippen LogP contribution in [0.15, 0.2) is 30.4 Å². The summed E-state index contributed by atoms with van der Waals surface area (Å²) in [6.45, 7) is 1.81. The van der Waals surface area contributed by atoms with E-state index in [1.165, 1.54) is 11.6 Å². The molecule has 1 aromatic rings. The second-order valence-corrected chi connectivity index (χ2v) is 4.74. The van der Waals surface area contributed by atoms with E-state index in [2.05, 4.69) is 6.07 Å². The highest BCUT2D eigenvalue weighted by atomic mass is 16.5. The molecule has 0 aliphatic carbocycles. The molecule has 0 saturated carbocycles. The highest BCUT2D eigenvalue weighted by Gasteiger charge is 2.38. The fourth-order valence-corrected chi connectivity index (χ4v) is 2.41. The number of rotatable bonds is 3. The molecule has 1 aromatic carbocycles. The lowest BCUT2D eigenvalue weighted by atomic mass is 9.77. The molecule has 4 nitrogen and oxygen atoms in total. The van der Waals surface area contributed by atoms with E-state index in [1.54, 1.807) is 6.08 Å². The molecule has 3 rings (SSSR count). The molecule has 94 valence electrons. The van der Waals surface area contributed by atoms with E-state index in [9.17, 15) is 4.79 Å². The molecule has 0 atom stereocenters. The minimum atomic E-state index is -0.925. The van der Waals surface area contributed by atoms with Crippen molar-refractivity contribution in [1.29, 1.82) is 0 Å². The van der Waals surface area contributed by atoms with Crippen LogP contribution >= 0.6 is 0 Å². The number of carbonyl (C=O) groups is 1. The molecule has 1 N–H and O–H groups in total. The van der Waals surface area contributed by atoms with E-state index < -0.39 is 5.97 Å². The molecule has 0 amide bonds. The summed E-state index contributed by atoms with van der Waals surface area (Å²) in [5.41, 5.74) is 2.02. The molecule has 4 heteroatoms. The monoisotopic (exact) mass is 246 g/mol. The van der Waals surface area contributed by atoms with Crippen LogP contribution in [0.2, 0.25) is 0 Å². The number of fused-ring (bicyclic) bond motifs is 1. The topological polar surface area (TPSA) is 55.8 Å². The van der Waals surface area contributed by atoms with Gasteiger partial charge in [0.15, 0.2) is 0 Å². The Morgan fingerprint density at radius 3 is 2.89 bits per heavy atom. The Hall–Kier alpha value is -1.81. The second kappa shape index (κ2) is 4.14. The van der Waals surface area contributed by atoms with Crippen molar-refractivity contribution in [1.82, 2.24) is 0 Å². The van der Waals surface area contributed by atoms with Gasteiger partial charge in [0, 0.05) is 12.5 Å². The lowest BCUT2D eigenvalue weighted by molar-refractivity contribution is -0.131. The first-order valence-corrected chi connectivity index (χ1v) is 5.96. The van der Waals surface area contributed by atoms with Crippen LogP contribution in [0.4, 0.5) is 0 Å². The Labute approximate surface area is 105 Å². The summed E-state index contributed by atoms with van der Waals surface area (Å²) in [7, 11) is 0. The number of hydrogen-bond acceptors (Lipinski definition) is 3. The standard InChI is InChI=1S/C14H14O4/c15-13(16)3-5-14(8-17-9-14)11-1-2-12-10(7-11)4-6-18-12/h1-3,5,7H,4,6,8-9H2,(H,15,16)/b5-3+. The zero-order chi connectivity index (χ0) is 12.6. The molecule has 18 heavy (non-hydrogen) atoms. The van der Waals surface area contributed by atoms with Crippen molar-refractivity contribution in [3.05, 3.63) is 41.5 Å². The van der Waals surface area contributed by atoms with Gasteiger partial charge in [0.25, 0.3) is 0 Å². The van der Waals surface area contributed by atoms with Crippen LogP contribution in [-0.2, 0) is 21.4 Å². The number of benzene rings is 1. The molecule has 1 fully saturated rings. The highest BCUT2D eigenvalue weighted by molar-refractivity contribution is 5.80. The fourth-order valence-electron chi connectivity index (χ4n) is 2.41. The van der Waals surface area contributed by atoms with Crippen molar-refractivity contribution >= 4 is 5.97 Å². The number of carboxylic acid groups (broad SMARTS) is 1. The zero-order valence-electron chi connectivity index (χ0n) is 9.89. The van der Waals surface area contributed by atoms with E-state index in [-0.39, 0.29) is 5.41 Å². The van der Waals surface area contributed by atoms with Crippen molar-refractivity contribution in [2.24, 2.45) is 0 Å². The summed E-state index contributed by atoms with van der Waals surface area (Å²) in [6, 6.07) is 6.07. The van der Waals surface area contributed by atoms with E-state index in [0.717, 1.165) is 24.3 Å². The van der Waals surface area contributed by atoms with Crippen LogP contribution in [0.25, 0.3) is 0 Å². The molecule has 1 saturated heterocycles. The van der Waals surface area contributed by atoms with Crippen molar-refractivity contribution < 1.29 is 19.4 Å². The molecule has 0 radical (unpaired) electrons. The van der Waals surface area contributed by atoms with Gasteiger partial charge >= 0.3 is 5.97 Å². The Morgan fingerprint density at radius 2 is 2.22 bits per heavy atom. The molecule has 2 aliphatic heterocycles. The number of hydrogen-bond donors (Lipinski definition) is 1. The molecule has 2 heterocycles. The van der Waals surface area contributed by atoms with Crippen LogP contribution in [0.1, 0.15) is 11.1 Å². The van der Waals surface area contributed by atoms with Crippen molar-refractivity contribution in [2.45, 2.75) is 11.8 Å². The van der Waals surface area contributed by atoms with Gasteiger partial charge in [-0.05, 0) is 17.2 Å². The summed E-state index contributed by atoms with van der Waals surface area (Å²) in [6.07, 6.45) is 3.85. The van der Waals surface area contributed by atoms with Crippen molar-refractivity contribution in [3.8, 4) is 5.75 Å². The van der Waals surface area contributed by atoms with Gasteiger partial charge in [0.2, 0.25) is 0 Å². The predicted molar refractivity (Wildman–Crippen MR) is 64.9 cm³/mol. The Bertz CT molecular complexity index is 515. The quantitative estimate of drug-likeness (QED) is 0.822. The number of carboxylic acids is 1. The average molecular weight is 246 g/mol. The smallest absolute Gasteiger partial charge is 0.328 e. The maximum atomic E-state index is 10.7. The summed E-state index contributed by atoms with van der Waals surface area (Å²) < 4.78 is 10.7. The fraction of sp³-hybridized carbons (Fsp3) is 0.357. The van der Waals surface area contributed by atoms with E-state index >= 15 is 0 Å². The van der Waals surface area contributed by atoms with Gasteiger partial charge in [-0.3, -0.25) is 0 Å². The third-order valence-corrected chi connectivity index (χ3v) is 3.53. The molecule has 0 aromatic heterocycles. The van der Waals surface area contributed by atoms with E-state index in [0.29, 0.717) is 13.2 Å². The third-order valence-electron chi connectivity index (χ3n) is 3.53. The van der Waals surface area contributed by atoms with Gasteiger partial charge in [-0.1, -0.05) is 18.2 Å². The average Bonchev–Trinajstić information content (AvgIpc) is 2.74. The lowest BCUT2D eigenvalue weighted by Gasteiger charge is -2.39. The second-order valence-electron chi connectivity index (χ2n) is 4.74. The first-order chi connectivity index (χ1) is 8.70. The molecule has 2 aliphatic rings. The van der Waals surface area contributed by atoms with Crippen LogP contribution in [0.5, 0.6) is 5.75 Å². The molecular weight excluding hydrogens is 232 g/mol. The summed E-state index contributed by atoms with van der Waals surface area (Å²) in [5, 5.41) is 8.75. The normalized spacial score (nSPS) is 20.2. The summed E-state index contributed by atoms with van der Waals surface area (Å²) in [5.74, 6) is 0.0159. The van der Waals surface area contributed by atoms with E-state index in [4.69, 9.17) is 14.6 Å². The summed E-state index contributed by atoms with van der Waals surface area (Å²) in [4.78, 5) is 10.7. The van der Waals surface area contributed by atoms with Gasteiger partial charge < -0.3 is 14.6 Å². The van der Waals surface area contributed by atoms with Gasteiger partial charge in [-0.2, -0.15) is 0 Å². The summed E-state index contributed by atoms with van der Waals surface area (Å²) >= 11 is 0. The third kappa shape index (κ3) is 1.78. The number of ether oxygens (including phenoxy) is 2. The highest BCUT2D eigenvalue weighted by Crippen LogP contribution is 2.37. The minimum Gasteiger partial charge on any atom is -0.493 e. The van der Waals surface area contributed by atoms with Crippen LogP contribution < -0.4 is 4.74 Å². The van der Waals surface area contributed by atoms with Gasteiger partial charge in [0.05, 0.1) is 25.2 Å². The maximum Gasteiger partial charge on any atom is 0.328 e. The SMILES string of the molecule is O=C(O)/C=C/C1(c2ccc3c(c2)CCO3)COC1. The van der Waals surface area contributed by atoms with Gasteiger partial charge in [0.1, 0.15) is 5.75 Å². The van der Waals surface area contributed by atoms with Crippen LogP contribution in [0.3, 0.4) is 0 Å². The number of aliphatic carboxylic acids is 1. The van der Waals surface area contributed by atoms with Crippen molar-refractivity contribution in [3.63, 3.8) is 0 Å². The van der Waals surface area contributed by atoms with E-state index in [1.807, 2.05) is 12.1 Å². The lowest BCUT2D eigenvalue weighted by Crippen LogP contribution is -2.45. The largest absolute Gasteiger partial charge is 0.493 e. The van der Waals surface area contributed by atoms with Gasteiger partial charge in [-0.25, -0.2) is 4.79 Å². The predicted octanol–water partition coefficient (Wildman–Crippen LogP) is 1.53. The van der Waals surface area contributed by atoms with Gasteiger partial charge in [-0.15, -0.1) is 0 Å². The maximum absolute atomic E-state index is 10.7. The van der Waals surface area contributed by atoms with Crippen LogP contribution in [-0.4, -0.2) is 30.9 Å². The Balaban J connectivity index is 1.94. The Morgan fingerprint density at radius 1 is 1.39 bits per heavy atom. The molecule has 0 unspecified atom stereocenters. The first-order valence-electron chi connectivity index (χ1n) is 5.96.